The van der Waals surface area contributed by atoms with Gasteiger partial charge in [0.05, 0.1) is 11.6 Å². The highest BCUT2D eigenvalue weighted by Crippen LogP contribution is 2.50. The normalized spacial score (nSPS) is 13.8. The van der Waals surface area contributed by atoms with Crippen LogP contribution in [0, 0.1) is 11.3 Å². The van der Waals surface area contributed by atoms with E-state index in [0.717, 1.165) is 36.8 Å². The van der Waals surface area contributed by atoms with Crippen molar-refractivity contribution in [2.24, 2.45) is 0 Å². The van der Waals surface area contributed by atoms with Crippen LogP contribution in [0.25, 0.3) is 97.5 Å². The molecule has 0 saturated heterocycles. The lowest BCUT2D eigenvalue weighted by Crippen LogP contribution is -2.03. The van der Waals surface area contributed by atoms with E-state index in [1.54, 1.807) is 0 Å². The summed E-state index contributed by atoms with van der Waals surface area (Å²) in [5.41, 5.74) is 13.4. The maximum absolute atomic E-state index is 10.2. The van der Waals surface area contributed by atoms with Gasteiger partial charge in [-0.15, -0.1) is 11.3 Å². The maximum atomic E-state index is 10.2. The molecule has 0 N–H and O–H groups in total. The minimum absolute atomic E-state index is 0.709. The second-order valence-electron chi connectivity index (χ2n) is 14.8. The van der Waals surface area contributed by atoms with E-state index in [4.69, 9.17) is 0 Å². The molecule has 0 radical (unpaired) electrons. The lowest BCUT2D eigenvalue weighted by atomic mass is 9.79. The summed E-state index contributed by atoms with van der Waals surface area (Å²) in [5.74, 6) is 0. The molecule has 2 heteroatoms. The van der Waals surface area contributed by atoms with Crippen LogP contribution in [0.1, 0.15) is 41.5 Å². The first-order chi connectivity index (χ1) is 27.3. The predicted molar refractivity (Wildman–Crippen MR) is 237 cm³/mol. The second-order valence-corrected chi connectivity index (χ2v) is 15.9. The average Bonchev–Trinajstić information content (AvgIpc) is 3.63. The Morgan fingerprint density at radius 1 is 0.509 bits per heavy atom. The van der Waals surface area contributed by atoms with Gasteiger partial charge in [0.25, 0.3) is 0 Å². The van der Waals surface area contributed by atoms with Crippen molar-refractivity contribution in [3.8, 4) is 39.4 Å². The molecule has 1 nitrogen and oxygen atoms in total. The van der Waals surface area contributed by atoms with Crippen molar-refractivity contribution in [2.45, 2.75) is 25.7 Å². The van der Waals surface area contributed by atoms with E-state index in [2.05, 4.69) is 158 Å². The van der Waals surface area contributed by atoms with Gasteiger partial charge in [-0.05, 0) is 132 Å². The number of benzene rings is 8. The van der Waals surface area contributed by atoms with Crippen molar-refractivity contribution in [1.29, 1.82) is 5.26 Å². The monoisotopic (exact) mass is 717 g/mol. The minimum Gasteiger partial charge on any atom is -0.192 e. The molecule has 0 unspecified atom stereocenters. The summed E-state index contributed by atoms with van der Waals surface area (Å²) < 4.78 is 2.60. The molecule has 0 amide bonds. The number of rotatable bonds is 4. The summed E-state index contributed by atoms with van der Waals surface area (Å²) >= 11 is 1.89. The van der Waals surface area contributed by atoms with Crippen molar-refractivity contribution in [3.63, 3.8) is 0 Å². The van der Waals surface area contributed by atoms with Gasteiger partial charge in [0.15, 0.2) is 0 Å². The minimum atomic E-state index is 0.709. The quantitative estimate of drug-likeness (QED) is 0.166. The molecular formula is C53H35NS. The van der Waals surface area contributed by atoms with Crippen LogP contribution in [-0.4, -0.2) is 0 Å². The van der Waals surface area contributed by atoms with Gasteiger partial charge in [0.1, 0.15) is 0 Å². The smallest absolute Gasteiger partial charge is 0.0998 e. The van der Waals surface area contributed by atoms with Gasteiger partial charge in [0.2, 0.25) is 0 Å². The molecule has 1 heterocycles. The van der Waals surface area contributed by atoms with Crippen LogP contribution in [-0.2, 0) is 6.42 Å². The van der Waals surface area contributed by atoms with Crippen molar-refractivity contribution in [2.75, 3.05) is 0 Å². The highest BCUT2D eigenvalue weighted by Gasteiger charge is 2.25. The molecule has 8 aromatic carbocycles. The first-order valence-electron chi connectivity index (χ1n) is 19.3. The van der Waals surface area contributed by atoms with Gasteiger partial charge in [-0.25, -0.2) is 0 Å². The number of allylic oxidation sites excluding steroid dienone is 5. The van der Waals surface area contributed by atoms with Crippen molar-refractivity contribution in [3.05, 3.63) is 180 Å². The van der Waals surface area contributed by atoms with Crippen molar-refractivity contribution < 1.29 is 0 Å². The number of hydrogen-bond donors (Lipinski definition) is 0. The lowest BCUT2D eigenvalue weighted by Gasteiger charge is -2.24. The summed E-state index contributed by atoms with van der Waals surface area (Å²) in [6.07, 6.45) is 15.5. The SMILES string of the molecule is N#Cc1ccccc1-c1c2c(c(-c3cccc4sc5ccc(-c6c7ccccc7c(C7=CC=CCC7)c7ccccc67)cc5c34)c3ccccc13)CCC=C2. The van der Waals surface area contributed by atoms with E-state index in [0.29, 0.717) is 5.56 Å². The highest BCUT2D eigenvalue weighted by molar-refractivity contribution is 7.26. The van der Waals surface area contributed by atoms with Crippen LogP contribution in [0.4, 0.5) is 0 Å². The Morgan fingerprint density at radius 2 is 1.15 bits per heavy atom. The van der Waals surface area contributed by atoms with E-state index in [9.17, 15) is 5.26 Å². The fourth-order valence-corrected chi connectivity index (χ4v) is 10.7. The zero-order chi connectivity index (χ0) is 36.5. The molecule has 0 fully saturated rings. The fourth-order valence-electron chi connectivity index (χ4n) is 9.57. The fraction of sp³-hybridized carbons (Fsp3) is 0.0755. The first kappa shape index (κ1) is 31.9. The third-order valence-corrected chi connectivity index (χ3v) is 13.0. The van der Waals surface area contributed by atoms with Gasteiger partial charge < -0.3 is 0 Å². The molecule has 2 aliphatic carbocycles. The molecule has 2 aliphatic rings. The van der Waals surface area contributed by atoms with Gasteiger partial charge in [-0.2, -0.15) is 5.26 Å². The molecule has 0 aliphatic heterocycles. The van der Waals surface area contributed by atoms with E-state index in [1.165, 1.54) is 97.0 Å². The standard InChI is InChI=1S/C53H35NS/c54-32-35-17-4-5-18-36(35)51-41-23-10-12-25-43(41)52(44-26-13-11-24-42(44)51)45-27-14-28-48-53(45)46-31-34(29-30-47(46)55-48)50-39-21-8-6-19-37(39)49(33-15-2-1-3-16-33)38-20-7-9-22-40(38)50/h1-2,4-12,14-15,17-25,27-31H,3,13,16,26H2. The van der Waals surface area contributed by atoms with Gasteiger partial charge in [0, 0.05) is 25.7 Å². The summed E-state index contributed by atoms with van der Waals surface area (Å²) in [4.78, 5) is 0. The first-order valence-corrected chi connectivity index (χ1v) is 20.1. The predicted octanol–water partition coefficient (Wildman–Crippen LogP) is 15.1. The third kappa shape index (κ3) is 4.90. The Bertz CT molecular complexity index is 3160. The van der Waals surface area contributed by atoms with Crippen molar-refractivity contribution >= 4 is 75.5 Å². The Labute approximate surface area is 324 Å². The molecule has 0 bridgehead atoms. The van der Waals surface area contributed by atoms with Crippen LogP contribution in [0.15, 0.2) is 158 Å². The topological polar surface area (TPSA) is 23.8 Å². The van der Waals surface area contributed by atoms with E-state index >= 15 is 0 Å². The van der Waals surface area contributed by atoms with E-state index < -0.39 is 0 Å². The molecule has 0 saturated carbocycles. The summed E-state index contributed by atoms with van der Waals surface area (Å²) in [6.45, 7) is 0. The summed E-state index contributed by atoms with van der Waals surface area (Å²) in [6, 6.07) is 51.5. The average molecular weight is 718 g/mol. The number of hydrogen-bond acceptors (Lipinski definition) is 2. The molecule has 1 aromatic heterocycles. The molecule has 0 atom stereocenters. The molecule has 11 rings (SSSR count). The van der Waals surface area contributed by atoms with Crippen LogP contribution < -0.4 is 0 Å². The molecule has 9 aromatic rings. The van der Waals surface area contributed by atoms with Crippen LogP contribution in [0.5, 0.6) is 0 Å². The highest BCUT2D eigenvalue weighted by atomic mass is 32.1. The van der Waals surface area contributed by atoms with Gasteiger partial charge >= 0.3 is 0 Å². The van der Waals surface area contributed by atoms with Gasteiger partial charge in [-0.1, -0.05) is 140 Å². The summed E-state index contributed by atoms with van der Waals surface area (Å²) in [5, 5.41) is 20.5. The Balaban J connectivity index is 1.21. The third-order valence-electron chi connectivity index (χ3n) is 11.8. The maximum Gasteiger partial charge on any atom is 0.0998 e. The zero-order valence-electron chi connectivity index (χ0n) is 30.3. The zero-order valence-corrected chi connectivity index (χ0v) is 31.1. The number of thiophene rings is 1. The van der Waals surface area contributed by atoms with Crippen LogP contribution in [0.3, 0.4) is 0 Å². The second kappa shape index (κ2) is 12.8. The van der Waals surface area contributed by atoms with E-state index in [-0.39, 0.29) is 0 Å². The molecular weight excluding hydrogens is 683 g/mol. The molecule has 0 spiro atoms. The van der Waals surface area contributed by atoms with Crippen LogP contribution in [0.2, 0.25) is 0 Å². The number of nitrogens with zero attached hydrogens (tertiary/aromatic N) is 1. The Morgan fingerprint density at radius 3 is 1.85 bits per heavy atom. The Hall–Kier alpha value is -6.53. The number of nitriles is 1. The largest absolute Gasteiger partial charge is 0.192 e. The Kier molecular flexibility index (Phi) is 7.44. The molecule has 55 heavy (non-hydrogen) atoms. The summed E-state index contributed by atoms with van der Waals surface area (Å²) in [7, 11) is 0. The van der Waals surface area contributed by atoms with Gasteiger partial charge in [-0.3, -0.25) is 0 Å². The van der Waals surface area contributed by atoms with E-state index in [1.807, 2.05) is 23.5 Å². The lowest BCUT2D eigenvalue weighted by molar-refractivity contribution is 0.992. The molecule has 258 valence electrons. The van der Waals surface area contributed by atoms with Crippen molar-refractivity contribution in [1.82, 2.24) is 0 Å². The number of fused-ring (bicyclic) bond motifs is 7. The van der Waals surface area contributed by atoms with Crippen LogP contribution >= 0.6 is 11.3 Å².